The van der Waals surface area contributed by atoms with Gasteiger partial charge in [0.2, 0.25) is 0 Å². The molecule has 0 bridgehead atoms. The molecule has 0 fully saturated rings. The molecular formula is C17H22N2O3S. The molecule has 0 aliphatic heterocycles. The van der Waals surface area contributed by atoms with Crippen molar-refractivity contribution < 1.29 is 13.5 Å². The lowest BCUT2D eigenvalue weighted by Gasteiger charge is -2.21. The first kappa shape index (κ1) is 17.6. The second-order valence-corrected chi connectivity index (χ2v) is 7.74. The Morgan fingerprint density at radius 1 is 1.13 bits per heavy atom. The van der Waals surface area contributed by atoms with E-state index in [0.717, 1.165) is 13.0 Å². The Bertz CT molecular complexity index is 715. The number of hydrogen-bond donors (Lipinski definition) is 1. The average molecular weight is 334 g/mol. The van der Waals surface area contributed by atoms with Gasteiger partial charge < -0.3 is 10.0 Å². The topological polar surface area (TPSA) is 70.5 Å². The second kappa shape index (κ2) is 7.68. The van der Waals surface area contributed by atoms with E-state index < -0.39 is 15.9 Å². The molecule has 2 aromatic rings. The number of rotatable bonds is 7. The van der Waals surface area contributed by atoms with E-state index in [1.807, 2.05) is 19.2 Å². The highest BCUT2D eigenvalue weighted by Crippen LogP contribution is 2.17. The maximum atomic E-state index is 11.4. The van der Waals surface area contributed by atoms with E-state index in [0.29, 0.717) is 12.1 Å². The molecule has 0 saturated carbocycles. The normalized spacial score (nSPS) is 13.2. The van der Waals surface area contributed by atoms with Gasteiger partial charge in [-0.15, -0.1) is 0 Å². The van der Waals surface area contributed by atoms with Crippen LogP contribution in [0.4, 0.5) is 0 Å². The summed E-state index contributed by atoms with van der Waals surface area (Å²) in [5.41, 5.74) is 1.92. The van der Waals surface area contributed by atoms with Crippen molar-refractivity contribution in [1.82, 2.24) is 9.88 Å². The van der Waals surface area contributed by atoms with Crippen LogP contribution in [0.15, 0.2) is 53.7 Å². The highest BCUT2D eigenvalue weighted by Gasteiger charge is 2.13. The third-order valence-corrected chi connectivity index (χ3v) is 4.84. The van der Waals surface area contributed by atoms with Gasteiger partial charge in [0.15, 0.2) is 9.84 Å². The fourth-order valence-corrected chi connectivity index (χ4v) is 2.93. The molecule has 0 spiro atoms. The molecule has 1 aromatic heterocycles. The number of pyridine rings is 1. The third-order valence-electron chi connectivity index (χ3n) is 3.71. The smallest absolute Gasteiger partial charge is 0.175 e. The van der Waals surface area contributed by atoms with Crippen molar-refractivity contribution in [3.8, 4) is 0 Å². The van der Waals surface area contributed by atoms with E-state index in [-0.39, 0.29) is 4.90 Å². The van der Waals surface area contributed by atoms with Gasteiger partial charge in [-0.25, -0.2) is 8.42 Å². The summed E-state index contributed by atoms with van der Waals surface area (Å²) < 4.78 is 22.9. The number of hydrogen-bond acceptors (Lipinski definition) is 5. The molecule has 0 saturated heterocycles. The Morgan fingerprint density at radius 3 is 2.30 bits per heavy atom. The predicted molar refractivity (Wildman–Crippen MR) is 89.9 cm³/mol. The highest BCUT2D eigenvalue weighted by atomic mass is 32.2. The zero-order chi connectivity index (χ0) is 16.9. The number of sulfone groups is 1. The number of aliphatic hydroxyl groups is 1. The lowest BCUT2D eigenvalue weighted by atomic mass is 10.1. The van der Waals surface area contributed by atoms with Gasteiger partial charge in [0, 0.05) is 31.7 Å². The van der Waals surface area contributed by atoms with Gasteiger partial charge in [0.1, 0.15) is 0 Å². The molecule has 0 aliphatic rings. The van der Waals surface area contributed by atoms with Gasteiger partial charge >= 0.3 is 0 Å². The quantitative estimate of drug-likeness (QED) is 0.834. The molecule has 0 radical (unpaired) electrons. The molecule has 1 aromatic carbocycles. The number of likely N-dealkylation sites (N-methyl/N-ethyl adjacent to an activating group) is 1. The molecule has 124 valence electrons. The van der Waals surface area contributed by atoms with Crippen LogP contribution in [0, 0.1) is 0 Å². The number of benzene rings is 1. The van der Waals surface area contributed by atoms with E-state index in [9.17, 15) is 13.5 Å². The minimum atomic E-state index is -3.20. The number of aromatic nitrogens is 1. The van der Waals surface area contributed by atoms with Crippen molar-refractivity contribution in [2.24, 2.45) is 0 Å². The Hall–Kier alpha value is -1.76. The van der Waals surface area contributed by atoms with Gasteiger partial charge in [-0.1, -0.05) is 12.1 Å². The minimum absolute atomic E-state index is 0.263. The molecule has 1 heterocycles. The molecule has 1 N–H and O–H groups in total. The zero-order valence-corrected chi connectivity index (χ0v) is 14.2. The predicted octanol–water partition coefficient (Wildman–Crippen LogP) is 1.69. The Labute approximate surface area is 137 Å². The Morgan fingerprint density at radius 2 is 1.74 bits per heavy atom. The second-order valence-electron chi connectivity index (χ2n) is 5.72. The van der Waals surface area contributed by atoms with Gasteiger partial charge in [-0.2, -0.15) is 0 Å². The van der Waals surface area contributed by atoms with Gasteiger partial charge in [-0.05, 0) is 48.9 Å². The minimum Gasteiger partial charge on any atom is -0.387 e. The molecule has 0 aliphatic carbocycles. The summed E-state index contributed by atoms with van der Waals surface area (Å²) in [6, 6.07) is 10.4. The van der Waals surface area contributed by atoms with Crippen LogP contribution >= 0.6 is 0 Å². The van der Waals surface area contributed by atoms with Crippen molar-refractivity contribution in [2.45, 2.75) is 17.4 Å². The lowest BCUT2D eigenvalue weighted by molar-refractivity contribution is 0.127. The maximum Gasteiger partial charge on any atom is 0.175 e. The van der Waals surface area contributed by atoms with Crippen molar-refractivity contribution in [3.05, 3.63) is 59.9 Å². The van der Waals surface area contributed by atoms with Crippen LogP contribution in [-0.4, -0.2) is 49.8 Å². The van der Waals surface area contributed by atoms with E-state index in [2.05, 4.69) is 9.88 Å². The van der Waals surface area contributed by atoms with Crippen LogP contribution in [0.3, 0.4) is 0 Å². The first-order valence-corrected chi connectivity index (χ1v) is 9.31. The maximum absolute atomic E-state index is 11.4. The molecule has 5 nitrogen and oxygen atoms in total. The molecule has 6 heteroatoms. The SMILES string of the molecule is CN(CCc1ccncc1)CC(O)c1ccc(S(C)(=O)=O)cc1. The first-order valence-electron chi connectivity index (χ1n) is 7.42. The van der Waals surface area contributed by atoms with Crippen LogP contribution in [0.25, 0.3) is 0 Å². The van der Waals surface area contributed by atoms with Crippen molar-refractivity contribution in [1.29, 1.82) is 0 Å². The van der Waals surface area contributed by atoms with Gasteiger partial charge in [0.25, 0.3) is 0 Å². The van der Waals surface area contributed by atoms with E-state index in [1.165, 1.54) is 24.0 Å². The summed E-state index contributed by atoms with van der Waals surface area (Å²) in [7, 11) is -1.25. The number of nitrogens with zero attached hydrogens (tertiary/aromatic N) is 2. The summed E-state index contributed by atoms with van der Waals surface area (Å²) in [5.74, 6) is 0. The molecule has 2 rings (SSSR count). The summed E-state index contributed by atoms with van der Waals surface area (Å²) >= 11 is 0. The van der Waals surface area contributed by atoms with Crippen LogP contribution < -0.4 is 0 Å². The fraction of sp³-hybridized carbons (Fsp3) is 0.353. The molecule has 23 heavy (non-hydrogen) atoms. The van der Waals surface area contributed by atoms with Crippen molar-refractivity contribution >= 4 is 9.84 Å². The van der Waals surface area contributed by atoms with Crippen molar-refractivity contribution in [3.63, 3.8) is 0 Å². The van der Waals surface area contributed by atoms with Crippen LogP contribution in [0.1, 0.15) is 17.2 Å². The summed E-state index contributed by atoms with van der Waals surface area (Å²) in [4.78, 5) is 6.30. The van der Waals surface area contributed by atoms with Crippen molar-refractivity contribution in [2.75, 3.05) is 26.4 Å². The van der Waals surface area contributed by atoms with Gasteiger partial charge in [-0.3, -0.25) is 4.98 Å². The summed E-state index contributed by atoms with van der Waals surface area (Å²) in [6.45, 7) is 1.31. The largest absolute Gasteiger partial charge is 0.387 e. The lowest BCUT2D eigenvalue weighted by Crippen LogP contribution is -2.26. The highest BCUT2D eigenvalue weighted by molar-refractivity contribution is 7.90. The Kier molecular flexibility index (Phi) is 5.87. The molecule has 0 amide bonds. The van der Waals surface area contributed by atoms with E-state index in [4.69, 9.17) is 0 Å². The monoisotopic (exact) mass is 334 g/mol. The Balaban J connectivity index is 1.89. The average Bonchev–Trinajstić information content (AvgIpc) is 2.53. The first-order chi connectivity index (χ1) is 10.9. The van der Waals surface area contributed by atoms with Crippen LogP contribution in [-0.2, 0) is 16.3 Å². The standard InChI is InChI=1S/C17H22N2O3S/c1-19(12-9-14-7-10-18-11-8-14)13-17(20)15-3-5-16(6-4-15)23(2,21)22/h3-8,10-11,17,20H,9,12-13H2,1-2H3. The van der Waals surface area contributed by atoms with E-state index in [1.54, 1.807) is 24.5 Å². The molecular weight excluding hydrogens is 312 g/mol. The van der Waals surface area contributed by atoms with Crippen LogP contribution in [0.2, 0.25) is 0 Å². The molecule has 1 unspecified atom stereocenters. The summed E-state index contributed by atoms with van der Waals surface area (Å²) in [5, 5.41) is 10.3. The third kappa shape index (κ3) is 5.42. The van der Waals surface area contributed by atoms with Gasteiger partial charge in [0.05, 0.1) is 11.0 Å². The summed E-state index contributed by atoms with van der Waals surface area (Å²) in [6.07, 6.45) is 4.96. The number of aliphatic hydroxyl groups excluding tert-OH is 1. The zero-order valence-electron chi connectivity index (χ0n) is 13.4. The molecule has 1 atom stereocenters. The van der Waals surface area contributed by atoms with E-state index >= 15 is 0 Å². The fourth-order valence-electron chi connectivity index (χ4n) is 2.30. The van der Waals surface area contributed by atoms with Crippen LogP contribution in [0.5, 0.6) is 0 Å².